The highest BCUT2D eigenvalue weighted by Crippen LogP contribution is 2.41. The smallest absolute Gasteiger partial charge is 0.221 e. The van der Waals surface area contributed by atoms with E-state index in [-0.39, 0.29) is 11.2 Å². The molecular weight excluding hydrogens is 436 g/mol. The van der Waals surface area contributed by atoms with Crippen LogP contribution in [-0.4, -0.2) is 38.2 Å². The zero-order valence-electron chi connectivity index (χ0n) is 18.8. The van der Waals surface area contributed by atoms with Gasteiger partial charge in [0.05, 0.1) is 38.0 Å². The number of carbonyl (C=O) groups is 1. The number of rotatable bonds is 8. The lowest BCUT2D eigenvalue weighted by Crippen LogP contribution is -2.31. The Morgan fingerprint density at radius 1 is 0.909 bits per heavy atom. The van der Waals surface area contributed by atoms with Crippen LogP contribution in [0.25, 0.3) is 0 Å². The molecule has 6 nitrogen and oxygen atoms in total. The van der Waals surface area contributed by atoms with Crippen LogP contribution in [0.2, 0.25) is 0 Å². The van der Waals surface area contributed by atoms with Gasteiger partial charge in [-0.05, 0) is 36.4 Å². The van der Waals surface area contributed by atoms with E-state index in [1.165, 1.54) is 0 Å². The Balaban J connectivity index is 1.57. The van der Waals surface area contributed by atoms with Crippen LogP contribution in [0.5, 0.6) is 17.2 Å². The number of amides is 1. The number of benzene rings is 3. The molecule has 0 fully saturated rings. The van der Waals surface area contributed by atoms with E-state index in [0.717, 1.165) is 33.2 Å². The average Bonchev–Trinajstić information content (AvgIpc) is 2.86. The minimum Gasteiger partial charge on any atom is -0.496 e. The van der Waals surface area contributed by atoms with Crippen molar-refractivity contribution in [2.24, 2.45) is 4.99 Å². The number of nitrogens with zero attached hydrogens (tertiary/aromatic N) is 1. The summed E-state index contributed by atoms with van der Waals surface area (Å²) in [5.41, 5.74) is 3.58. The Morgan fingerprint density at radius 2 is 1.64 bits per heavy atom. The molecule has 0 bridgehead atoms. The summed E-state index contributed by atoms with van der Waals surface area (Å²) in [6, 6.07) is 21.4. The molecule has 7 heteroatoms. The van der Waals surface area contributed by atoms with Crippen LogP contribution in [0.4, 0.5) is 5.69 Å². The van der Waals surface area contributed by atoms with Crippen molar-refractivity contribution >= 4 is 29.1 Å². The summed E-state index contributed by atoms with van der Waals surface area (Å²) in [5, 5.41) is 2.88. The molecule has 1 amide bonds. The number of para-hydroxylation sites is 2. The molecule has 0 spiro atoms. The summed E-state index contributed by atoms with van der Waals surface area (Å²) >= 11 is 1.65. The highest BCUT2D eigenvalue weighted by atomic mass is 32.2. The topological polar surface area (TPSA) is 69.2 Å². The molecule has 1 atom stereocenters. The maximum Gasteiger partial charge on any atom is 0.221 e. The highest BCUT2D eigenvalue weighted by Gasteiger charge is 2.28. The van der Waals surface area contributed by atoms with Crippen LogP contribution in [0.3, 0.4) is 0 Å². The van der Waals surface area contributed by atoms with Crippen molar-refractivity contribution in [2.45, 2.75) is 23.1 Å². The summed E-state index contributed by atoms with van der Waals surface area (Å²) in [6.45, 7) is 0.402. The van der Waals surface area contributed by atoms with Gasteiger partial charge in [-0.15, -0.1) is 11.8 Å². The van der Waals surface area contributed by atoms with Crippen molar-refractivity contribution in [3.05, 3.63) is 77.9 Å². The molecular formula is C26H26N2O4S. The molecule has 0 aliphatic carbocycles. The average molecular weight is 463 g/mol. The van der Waals surface area contributed by atoms with E-state index >= 15 is 0 Å². The second-order valence-corrected chi connectivity index (χ2v) is 8.68. The SMILES string of the molecule is COc1ccccc1CNC(=O)CC1Sc2ccccc2N=C1c1ccc(OC)c(OC)c1. The first-order chi connectivity index (χ1) is 16.1. The predicted octanol–water partition coefficient (Wildman–Crippen LogP) is 5.01. The second kappa shape index (κ2) is 10.4. The van der Waals surface area contributed by atoms with E-state index < -0.39 is 0 Å². The van der Waals surface area contributed by atoms with E-state index in [1.54, 1.807) is 33.1 Å². The minimum atomic E-state index is -0.143. The number of aliphatic imine (C=N–C) groups is 1. The molecule has 1 aliphatic heterocycles. The van der Waals surface area contributed by atoms with Crippen molar-refractivity contribution < 1.29 is 19.0 Å². The third-order valence-corrected chi connectivity index (χ3v) is 6.67. The minimum absolute atomic E-state index is 0.0500. The van der Waals surface area contributed by atoms with Crippen molar-refractivity contribution in [1.29, 1.82) is 0 Å². The summed E-state index contributed by atoms with van der Waals surface area (Å²) < 4.78 is 16.2. The third-order valence-electron chi connectivity index (χ3n) is 5.40. The Bertz CT molecular complexity index is 1180. The first-order valence-electron chi connectivity index (χ1n) is 10.6. The number of methoxy groups -OCH3 is 3. The quantitative estimate of drug-likeness (QED) is 0.509. The van der Waals surface area contributed by atoms with Gasteiger partial charge in [-0.25, -0.2) is 0 Å². The molecule has 170 valence electrons. The van der Waals surface area contributed by atoms with E-state index in [0.29, 0.717) is 24.5 Å². The molecule has 3 aromatic carbocycles. The van der Waals surface area contributed by atoms with Crippen LogP contribution in [0.15, 0.2) is 76.6 Å². The first kappa shape index (κ1) is 22.7. The van der Waals surface area contributed by atoms with E-state index in [9.17, 15) is 4.79 Å². The predicted molar refractivity (Wildman–Crippen MR) is 131 cm³/mol. The fraction of sp³-hybridized carbons (Fsp3) is 0.231. The van der Waals surface area contributed by atoms with Crippen molar-refractivity contribution in [2.75, 3.05) is 21.3 Å². The van der Waals surface area contributed by atoms with Gasteiger partial charge < -0.3 is 19.5 Å². The summed E-state index contributed by atoms with van der Waals surface area (Å²) in [6.07, 6.45) is 0.293. The van der Waals surface area contributed by atoms with Crippen LogP contribution >= 0.6 is 11.8 Å². The Hall–Kier alpha value is -3.45. The van der Waals surface area contributed by atoms with Crippen molar-refractivity contribution in [3.8, 4) is 17.2 Å². The zero-order chi connectivity index (χ0) is 23.2. The number of ether oxygens (including phenoxy) is 3. The van der Waals surface area contributed by atoms with Gasteiger partial charge in [0.1, 0.15) is 5.75 Å². The van der Waals surface area contributed by atoms with Crippen LogP contribution in [0.1, 0.15) is 17.5 Å². The number of hydrogen-bond acceptors (Lipinski definition) is 6. The van der Waals surface area contributed by atoms with Gasteiger partial charge in [0.2, 0.25) is 5.91 Å². The van der Waals surface area contributed by atoms with E-state index in [4.69, 9.17) is 19.2 Å². The molecule has 0 aromatic heterocycles. The maximum absolute atomic E-state index is 12.9. The first-order valence-corrected chi connectivity index (χ1v) is 11.5. The summed E-state index contributed by atoms with van der Waals surface area (Å²) in [5.74, 6) is 1.98. The Labute approximate surface area is 198 Å². The fourth-order valence-corrected chi connectivity index (χ4v) is 4.96. The largest absolute Gasteiger partial charge is 0.496 e. The lowest BCUT2D eigenvalue weighted by Gasteiger charge is -2.25. The lowest BCUT2D eigenvalue weighted by atomic mass is 10.0. The summed E-state index contributed by atoms with van der Waals surface area (Å²) in [7, 11) is 4.84. The molecule has 1 aliphatic rings. The second-order valence-electron chi connectivity index (χ2n) is 7.43. The van der Waals surface area contributed by atoms with E-state index in [2.05, 4.69) is 5.32 Å². The van der Waals surface area contributed by atoms with Gasteiger partial charge in [-0.1, -0.05) is 30.3 Å². The molecule has 0 saturated carbocycles. The van der Waals surface area contributed by atoms with Crippen molar-refractivity contribution in [3.63, 3.8) is 0 Å². The molecule has 0 saturated heterocycles. The van der Waals surface area contributed by atoms with Crippen molar-refractivity contribution in [1.82, 2.24) is 5.32 Å². The highest BCUT2D eigenvalue weighted by molar-refractivity contribution is 8.01. The molecule has 3 aromatic rings. The third kappa shape index (κ3) is 5.14. The molecule has 4 rings (SSSR count). The number of nitrogens with one attached hydrogen (secondary N) is 1. The zero-order valence-corrected chi connectivity index (χ0v) is 19.6. The molecule has 1 heterocycles. The normalized spacial score (nSPS) is 14.6. The maximum atomic E-state index is 12.9. The Kier molecular flexibility index (Phi) is 7.19. The van der Waals surface area contributed by atoms with Gasteiger partial charge in [0.15, 0.2) is 11.5 Å². The van der Waals surface area contributed by atoms with Gasteiger partial charge in [-0.3, -0.25) is 9.79 Å². The van der Waals surface area contributed by atoms with Crippen LogP contribution < -0.4 is 19.5 Å². The lowest BCUT2D eigenvalue weighted by molar-refractivity contribution is -0.121. The molecule has 33 heavy (non-hydrogen) atoms. The molecule has 1 unspecified atom stereocenters. The Morgan fingerprint density at radius 3 is 2.42 bits per heavy atom. The number of carbonyl (C=O) groups excluding carboxylic acids is 1. The fourth-order valence-electron chi connectivity index (χ4n) is 3.73. The number of thioether (sulfide) groups is 1. The summed E-state index contributed by atoms with van der Waals surface area (Å²) in [4.78, 5) is 18.9. The van der Waals surface area contributed by atoms with Gasteiger partial charge in [0.25, 0.3) is 0 Å². The number of fused-ring (bicyclic) bond motifs is 1. The standard InChI is InChI=1S/C26H26N2O4S/c1-30-20-10-6-4-8-18(20)16-27-25(29)15-24-26(28-19-9-5-7-11-23(19)33-24)17-12-13-21(31-2)22(14-17)32-3/h4-14,24H,15-16H2,1-3H3,(H,27,29). The molecule has 0 radical (unpaired) electrons. The van der Waals surface area contributed by atoms with Crippen LogP contribution in [0, 0.1) is 0 Å². The number of hydrogen-bond donors (Lipinski definition) is 1. The van der Waals surface area contributed by atoms with Crippen LogP contribution in [-0.2, 0) is 11.3 Å². The molecule has 1 N–H and O–H groups in total. The van der Waals surface area contributed by atoms with Gasteiger partial charge in [0, 0.05) is 29.0 Å². The van der Waals surface area contributed by atoms with Gasteiger partial charge in [-0.2, -0.15) is 0 Å². The van der Waals surface area contributed by atoms with E-state index in [1.807, 2.05) is 66.7 Å². The monoisotopic (exact) mass is 462 g/mol. The van der Waals surface area contributed by atoms with Gasteiger partial charge >= 0.3 is 0 Å².